The first kappa shape index (κ1) is 31.4. The molecule has 2 aromatic rings. The number of unbranched alkanes of at least 4 members (excludes halogenated alkanes) is 17. The van der Waals surface area contributed by atoms with Crippen LogP contribution in [0.5, 0.6) is 0 Å². The molecular weight excluding hydrogens is 547 g/mol. The predicted molar refractivity (Wildman–Crippen MR) is 158 cm³/mol. The van der Waals surface area contributed by atoms with Gasteiger partial charge in [0.2, 0.25) is 0 Å². The largest absolute Gasteiger partial charge is 0.313 e. The number of alkyl halides is 1. The highest BCUT2D eigenvalue weighted by atomic mass is 127. The van der Waals surface area contributed by atoms with Gasteiger partial charge in [0.25, 0.3) is 0 Å². The number of hydrogen-bond donors (Lipinski definition) is 0. The van der Waals surface area contributed by atoms with E-state index in [1.807, 2.05) is 0 Å². The molecule has 0 amide bonds. The predicted octanol–water partition coefficient (Wildman–Crippen LogP) is 8.61. The second-order valence-electron chi connectivity index (χ2n) is 10.7. The molecular formula is C35H56I+. The van der Waals surface area contributed by atoms with E-state index in [2.05, 4.69) is 62.4 Å². The molecule has 0 heterocycles. The van der Waals surface area contributed by atoms with Crippen molar-refractivity contribution in [2.24, 2.45) is 0 Å². The number of aryl methyl sites for hydroxylation is 1. The van der Waals surface area contributed by atoms with E-state index in [0.717, 1.165) is 0 Å². The summed E-state index contributed by atoms with van der Waals surface area (Å²) in [5.41, 5.74) is 4.64. The number of halogens is 1. The van der Waals surface area contributed by atoms with Crippen LogP contribution in [-0.2, 0) is 6.42 Å². The summed E-state index contributed by atoms with van der Waals surface area (Å²) in [6.45, 7) is 4.61. The summed E-state index contributed by atoms with van der Waals surface area (Å²) in [5, 5.41) is 0. The number of hydrogen-bond acceptors (Lipinski definition) is 0. The van der Waals surface area contributed by atoms with Gasteiger partial charge in [-0.15, -0.1) is 0 Å². The molecule has 0 N–H and O–H groups in total. The summed E-state index contributed by atoms with van der Waals surface area (Å²) in [6, 6.07) is 18.5. The quantitative estimate of drug-likeness (QED) is 0.0678. The van der Waals surface area contributed by atoms with Crippen LogP contribution in [0.3, 0.4) is 0 Å². The molecule has 0 aliphatic carbocycles. The molecule has 0 unspecified atom stereocenters. The van der Waals surface area contributed by atoms with Crippen LogP contribution in [0.15, 0.2) is 48.5 Å². The second kappa shape index (κ2) is 22.2. The van der Waals surface area contributed by atoms with Crippen molar-refractivity contribution in [2.45, 2.75) is 142 Å². The Balaban J connectivity index is 1.74. The van der Waals surface area contributed by atoms with Gasteiger partial charge in [-0.2, -0.15) is 0 Å². The Morgan fingerprint density at radius 1 is 0.472 bits per heavy atom. The van der Waals surface area contributed by atoms with Gasteiger partial charge in [-0.05, 0) is 42.9 Å². The Kier molecular flexibility index (Phi) is 19.3. The summed E-state index contributed by atoms with van der Waals surface area (Å²) >= 11 is 0.0921. The van der Waals surface area contributed by atoms with Crippen LogP contribution < -0.4 is 21.2 Å². The van der Waals surface area contributed by atoms with E-state index in [-0.39, 0.29) is 21.2 Å². The van der Waals surface area contributed by atoms with Crippen LogP contribution in [0, 0.1) is 3.57 Å². The van der Waals surface area contributed by atoms with Crippen molar-refractivity contribution >= 4 is 0 Å². The molecule has 2 rings (SSSR count). The van der Waals surface area contributed by atoms with Gasteiger partial charge in [-0.25, -0.2) is 0 Å². The minimum atomic E-state index is 0.0921. The SMILES string of the molecule is CCCCCCCCCCCCC[I+]c1cccc(CCCCCCCCCC)c1-c1ccccc1. The third kappa shape index (κ3) is 14.2. The average molecular weight is 604 g/mol. The van der Waals surface area contributed by atoms with Gasteiger partial charge in [0.05, 0.1) is 0 Å². The zero-order valence-electron chi connectivity index (χ0n) is 23.8. The van der Waals surface area contributed by atoms with Gasteiger partial charge in [-0.1, -0.05) is 159 Å². The summed E-state index contributed by atoms with van der Waals surface area (Å²) in [6.07, 6.45) is 28.3. The monoisotopic (exact) mass is 603 g/mol. The lowest BCUT2D eigenvalue weighted by atomic mass is 9.95. The van der Waals surface area contributed by atoms with Gasteiger partial charge in [-0.3, -0.25) is 0 Å². The third-order valence-corrected chi connectivity index (χ3v) is 10.5. The van der Waals surface area contributed by atoms with Crippen molar-refractivity contribution in [1.82, 2.24) is 0 Å². The van der Waals surface area contributed by atoms with Crippen molar-refractivity contribution in [3.05, 3.63) is 57.7 Å². The molecule has 0 spiro atoms. The highest BCUT2D eigenvalue weighted by Gasteiger charge is 2.20. The van der Waals surface area contributed by atoms with E-state index in [0.29, 0.717) is 0 Å². The minimum absolute atomic E-state index is 0.0921. The van der Waals surface area contributed by atoms with Gasteiger partial charge in [0, 0.05) is 5.56 Å². The lowest BCUT2D eigenvalue weighted by molar-refractivity contribution is -0.626. The first-order valence-electron chi connectivity index (χ1n) is 15.6. The smallest absolute Gasteiger partial charge is 0.0654 e. The molecule has 1 heteroatoms. The van der Waals surface area contributed by atoms with Crippen LogP contribution in [0.4, 0.5) is 0 Å². The van der Waals surface area contributed by atoms with Crippen molar-refractivity contribution in [1.29, 1.82) is 0 Å². The van der Waals surface area contributed by atoms with Crippen molar-refractivity contribution < 1.29 is 21.2 Å². The van der Waals surface area contributed by atoms with Gasteiger partial charge < -0.3 is 0 Å². The average Bonchev–Trinajstić information content (AvgIpc) is 2.91. The molecule has 0 radical (unpaired) electrons. The van der Waals surface area contributed by atoms with Crippen molar-refractivity contribution in [3.63, 3.8) is 0 Å². The Labute approximate surface area is 235 Å². The molecule has 36 heavy (non-hydrogen) atoms. The highest BCUT2D eigenvalue weighted by Crippen LogP contribution is 2.25. The molecule has 0 aromatic heterocycles. The Morgan fingerprint density at radius 2 is 0.972 bits per heavy atom. The molecule has 0 aliphatic heterocycles. The summed E-state index contributed by atoms with van der Waals surface area (Å²) in [4.78, 5) is 0. The summed E-state index contributed by atoms with van der Waals surface area (Å²) in [5.74, 6) is 0. The number of rotatable bonds is 23. The highest BCUT2D eigenvalue weighted by molar-refractivity contribution is 5.66. The molecule has 202 valence electrons. The van der Waals surface area contributed by atoms with Crippen molar-refractivity contribution in [3.8, 4) is 11.1 Å². The molecule has 0 bridgehead atoms. The van der Waals surface area contributed by atoms with E-state index >= 15 is 0 Å². The summed E-state index contributed by atoms with van der Waals surface area (Å²) in [7, 11) is 0. The van der Waals surface area contributed by atoms with E-state index in [1.54, 1.807) is 14.7 Å². The Morgan fingerprint density at radius 3 is 1.53 bits per heavy atom. The zero-order valence-corrected chi connectivity index (χ0v) is 26.0. The van der Waals surface area contributed by atoms with E-state index in [9.17, 15) is 0 Å². The first-order valence-corrected chi connectivity index (χ1v) is 18.2. The second-order valence-corrected chi connectivity index (χ2v) is 13.7. The normalized spacial score (nSPS) is 11.3. The van der Waals surface area contributed by atoms with Gasteiger partial charge in [0.15, 0.2) is 3.57 Å². The van der Waals surface area contributed by atoms with Crippen LogP contribution in [0.2, 0.25) is 0 Å². The fourth-order valence-corrected chi connectivity index (χ4v) is 8.20. The van der Waals surface area contributed by atoms with Gasteiger partial charge >= 0.3 is 21.2 Å². The lowest BCUT2D eigenvalue weighted by Crippen LogP contribution is -3.62. The van der Waals surface area contributed by atoms with Crippen LogP contribution in [0.25, 0.3) is 11.1 Å². The maximum atomic E-state index is 2.45. The zero-order chi connectivity index (χ0) is 25.5. The first-order chi connectivity index (χ1) is 17.9. The maximum Gasteiger partial charge on any atom is 0.313 e. The molecule has 0 nitrogen and oxygen atoms in total. The lowest BCUT2D eigenvalue weighted by Gasteiger charge is -2.10. The van der Waals surface area contributed by atoms with Gasteiger partial charge in [0.1, 0.15) is 4.43 Å². The molecule has 2 aromatic carbocycles. The third-order valence-electron chi connectivity index (χ3n) is 7.44. The molecule has 0 atom stereocenters. The fourth-order valence-electron chi connectivity index (χ4n) is 5.19. The van der Waals surface area contributed by atoms with Crippen molar-refractivity contribution in [2.75, 3.05) is 4.43 Å². The maximum absolute atomic E-state index is 2.45. The molecule has 0 aliphatic rings. The molecule has 0 saturated carbocycles. The van der Waals surface area contributed by atoms with E-state index in [1.165, 1.54) is 138 Å². The minimum Gasteiger partial charge on any atom is -0.0654 e. The van der Waals surface area contributed by atoms with Crippen LogP contribution in [-0.4, -0.2) is 4.43 Å². The Hall–Kier alpha value is -0.830. The van der Waals surface area contributed by atoms with E-state index < -0.39 is 0 Å². The number of benzene rings is 2. The topological polar surface area (TPSA) is 0 Å². The Bertz CT molecular complexity index is 750. The molecule has 0 saturated heterocycles. The summed E-state index contributed by atoms with van der Waals surface area (Å²) < 4.78 is 3.13. The van der Waals surface area contributed by atoms with Crippen LogP contribution in [0.1, 0.15) is 141 Å². The fraction of sp³-hybridized carbons (Fsp3) is 0.657. The molecule has 0 fully saturated rings. The van der Waals surface area contributed by atoms with E-state index in [4.69, 9.17) is 0 Å². The van der Waals surface area contributed by atoms with Crippen LogP contribution >= 0.6 is 0 Å². The standard InChI is InChI=1S/C35H56I/c1-3-5-7-9-11-13-14-15-17-19-24-31-36-34-30-25-29-33(35(34)32-27-22-20-23-28-32)26-21-18-16-12-10-8-6-4-2/h20,22-23,25,27-30H,3-19,21,24,26,31H2,1-2H3/q+1.